The Bertz CT molecular complexity index is 273. The first-order valence-corrected chi connectivity index (χ1v) is 5.60. The zero-order valence-corrected chi connectivity index (χ0v) is 9.61. The van der Waals surface area contributed by atoms with E-state index in [4.69, 9.17) is 5.11 Å². The number of hydrogen-bond donors (Lipinski definition) is 2. The highest BCUT2D eigenvalue weighted by Crippen LogP contribution is 1.99. The van der Waals surface area contributed by atoms with Gasteiger partial charge in [0.25, 0.3) is 0 Å². The molecule has 0 amide bonds. The van der Waals surface area contributed by atoms with E-state index in [2.05, 4.69) is 17.3 Å². The smallest absolute Gasteiger partial charge is 0.0593 e. The zero-order chi connectivity index (χ0) is 11.1. The molecule has 1 heterocycles. The summed E-state index contributed by atoms with van der Waals surface area (Å²) in [5.74, 6) is 0. The van der Waals surface area contributed by atoms with Crippen LogP contribution < -0.4 is 5.32 Å². The predicted octanol–water partition coefficient (Wildman–Crippen LogP) is 0.942. The van der Waals surface area contributed by atoms with Crippen molar-refractivity contribution in [1.82, 2.24) is 15.1 Å². The van der Waals surface area contributed by atoms with Crippen molar-refractivity contribution in [3.8, 4) is 0 Å². The maximum Gasteiger partial charge on any atom is 0.0593 e. The van der Waals surface area contributed by atoms with Crippen LogP contribution in [0.4, 0.5) is 0 Å². The van der Waals surface area contributed by atoms with Crippen molar-refractivity contribution in [3.63, 3.8) is 0 Å². The van der Waals surface area contributed by atoms with Crippen LogP contribution >= 0.6 is 0 Å². The van der Waals surface area contributed by atoms with Crippen LogP contribution in [0.3, 0.4) is 0 Å². The van der Waals surface area contributed by atoms with Gasteiger partial charge >= 0.3 is 0 Å². The number of aliphatic hydroxyl groups excluding tert-OH is 1. The molecule has 15 heavy (non-hydrogen) atoms. The maximum atomic E-state index is 8.95. The SMILES string of the molecule is CCCNC(CCO)Cn1ccc(C)n1. The first kappa shape index (κ1) is 12.2. The summed E-state index contributed by atoms with van der Waals surface area (Å²) >= 11 is 0. The topological polar surface area (TPSA) is 50.1 Å². The Balaban J connectivity index is 2.42. The van der Waals surface area contributed by atoms with Crippen molar-refractivity contribution in [2.24, 2.45) is 0 Å². The first-order valence-electron chi connectivity index (χ1n) is 5.60. The number of aliphatic hydroxyl groups is 1. The van der Waals surface area contributed by atoms with E-state index in [0.717, 1.165) is 31.6 Å². The molecule has 1 unspecified atom stereocenters. The molecule has 0 spiro atoms. The maximum absolute atomic E-state index is 8.95. The van der Waals surface area contributed by atoms with Crippen LogP contribution in [0, 0.1) is 6.92 Å². The minimum atomic E-state index is 0.224. The number of hydrogen-bond acceptors (Lipinski definition) is 3. The van der Waals surface area contributed by atoms with Crippen molar-refractivity contribution < 1.29 is 5.11 Å². The summed E-state index contributed by atoms with van der Waals surface area (Å²) in [6, 6.07) is 2.31. The quantitative estimate of drug-likeness (QED) is 0.706. The Kier molecular flexibility index (Phi) is 5.36. The fourth-order valence-corrected chi connectivity index (χ4v) is 1.55. The van der Waals surface area contributed by atoms with Gasteiger partial charge in [-0.15, -0.1) is 0 Å². The lowest BCUT2D eigenvalue weighted by Crippen LogP contribution is -2.34. The molecule has 1 atom stereocenters. The monoisotopic (exact) mass is 211 g/mol. The number of nitrogens with zero attached hydrogens (tertiary/aromatic N) is 2. The van der Waals surface area contributed by atoms with Crippen LogP contribution in [0.2, 0.25) is 0 Å². The Hall–Kier alpha value is -0.870. The van der Waals surface area contributed by atoms with Gasteiger partial charge in [0.15, 0.2) is 0 Å². The van der Waals surface area contributed by atoms with Gasteiger partial charge in [0, 0.05) is 18.8 Å². The van der Waals surface area contributed by atoms with E-state index >= 15 is 0 Å². The largest absolute Gasteiger partial charge is 0.396 e. The summed E-state index contributed by atoms with van der Waals surface area (Å²) in [6.07, 6.45) is 3.87. The van der Waals surface area contributed by atoms with E-state index in [9.17, 15) is 0 Å². The molecule has 0 aliphatic carbocycles. The summed E-state index contributed by atoms with van der Waals surface area (Å²) in [5.41, 5.74) is 1.04. The fourth-order valence-electron chi connectivity index (χ4n) is 1.55. The molecular weight excluding hydrogens is 190 g/mol. The molecular formula is C11H21N3O. The third-order valence-electron chi connectivity index (χ3n) is 2.34. The van der Waals surface area contributed by atoms with E-state index in [-0.39, 0.29) is 6.61 Å². The molecule has 4 nitrogen and oxygen atoms in total. The average Bonchev–Trinajstić information content (AvgIpc) is 2.61. The highest BCUT2D eigenvalue weighted by Gasteiger charge is 2.08. The van der Waals surface area contributed by atoms with Crippen molar-refractivity contribution in [2.45, 2.75) is 39.3 Å². The summed E-state index contributed by atoms with van der Waals surface area (Å²) < 4.78 is 1.93. The summed E-state index contributed by atoms with van der Waals surface area (Å²) in [5, 5.41) is 16.7. The van der Waals surface area contributed by atoms with E-state index in [1.165, 1.54) is 0 Å². The Morgan fingerprint density at radius 1 is 1.60 bits per heavy atom. The lowest BCUT2D eigenvalue weighted by atomic mass is 10.2. The molecule has 0 saturated carbocycles. The van der Waals surface area contributed by atoms with Gasteiger partial charge in [-0.2, -0.15) is 5.10 Å². The lowest BCUT2D eigenvalue weighted by molar-refractivity contribution is 0.254. The number of aromatic nitrogens is 2. The second-order valence-corrected chi connectivity index (χ2v) is 3.84. The van der Waals surface area contributed by atoms with Gasteiger partial charge < -0.3 is 10.4 Å². The number of rotatable bonds is 7. The van der Waals surface area contributed by atoms with Gasteiger partial charge in [0.2, 0.25) is 0 Å². The third-order valence-corrected chi connectivity index (χ3v) is 2.34. The van der Waals surface area contributed by atoms with Gasteiger partial charge in [0.1, 0.15) is 0 Å². The van der Waals surface area contributed by atoms with Crippen molar-refractivity contribution in [2.75, 3.05) is 13.2 Å². The second-order valence-electron chi connectivity index (χ2n) is 3.84. The molecule has 0 aliphatic heterocycles. The number of aryl methyl sites for hydroxylation is 1. The van der Waals surface area contributed by atoms with Crippen LogP contribution in [0.5, 0.6) is 0 Å². The normalized spacial score (nSPS) is 13.0. The summed E-state index contributed by atoms with van der Waals surface area (Å²) in [4.78, 5) is 0. The van der Waals surface area contributed by atoms with Crippen molar-refractivity contribution in [3.05, 3.63) is 18.0 Å². The molecule has 0 bridgehead atoms. The van der Waals surface area contributed by atoms with E-state index in [1.54, 1.807) is 0 Å². The van der Waals surface area contributed by atoms with Gasteiger partial charge in [-0.25, -0.2) is 0 Å². The lowest BCUT2D eigenvalue weighted by Gasteiger charge is -2.17. The Morgan fingerprint density at radius 2 is 2.40 bits per heavy atom. The average molecular weight is 211 g/mol. The molecule has 0 radical (unpaired) electrons. The van der Waals surface area contributed by atoms with E-state index < -0.39 is 0 Å². The third kappa shape index (κ3) is 4.44. The minimum Gasteiger partial charge on any atom is -0.396 e. The van der Waals surface area contributed by atoms with Crippen molar-refractivity contribution in [1.29, 1.82) is 0 Å². The molecule has 1 aromatic rings. The fraction of sp³-hybridized carbons (Fsp3) is 0.727. The van der Waals surface area contributed by atoms with Crippen molar-refractivity contribution >= 4 is 0 Å². The van der Waals surface area contributed by atoms with Crippen LogP contribution in [0.15, 0.2) is 12.3 Å². The zero-order valence-electron chi connectivity index (χ0n) is 9.61. The molecule has 0 aromatic carbocycles. The molecule has 0 fully saturated rings. The highest BCUT2D eigenvalue weighted by molar-refractivity contribution is 4.95. The standard InChI is InChI=1S/C11H21N3O/c1-3-6-12-11(5-8-15)9-14-7-4-10(2)13-14/h4,7,11-12,15H,3,5-6,8-9H2,1-2H3. The molecule has 0 aliphatic rings. The summed E-state index contributed by atoms with van der Waals surface area (Å²) in [6.45, 7) is 6.17. The number of nitrogens with one attached hydrogen (secondary N) is 1. The summed E-state index contributed by atoms with van der Waals surface area (Å²) in [7, 11) is 0. The van der Waals surface area contributed by atoms with Crippen LogP contribution in [0.25, 0.3) is 0 Å². The van der Waals surface area contributed by atoms with Crippen LogP contribution in [0.1, 0.15) is 25.5 Å². The molecule has 1 aromatic heterocycles. The van der Waals surface area contributed by atoms with Gasteiger partial charge in [0.05, 0.1) is 12.2 Å². The Labute approximate surface area is 91.3 Å². The van der Waals surface area contributed by atoms with E-state index in [0.29, 0.717) is 6.04 Å². The van der Waals surface area contributed by atoms with Gasteiger partial charge in [-0.05, 0) is 32.4 Å². The first-order chi connectivity index (χ1) is 7.26. The molecule has 0 saturated heterocycles. The molecule has 86 valence electrons. The van der Waals surface area contributed by atoms with E-state index in [1.807, 2.05) is 23.9 Å². The highest BCUT2D eigenvalue weighted by atomic mass is 16.3. The second kappa shape index (κ2) is 6.58. The predicted molar refractivity (Wildman–Crippen MR) is 60.7 cm³/mol. The Morgan fingerprint density at radius 3 is 2.93 bits per heavy atom. The van der Waals surface area contributed by atoms with Crippen LogP contribution in [-0.2, 0) is 6.54 Å². The molecule has 4 heteroatoms. The molecule has 2 N–H and O–H groups in total. The van der Waals surface area contributed by atoms with Gasteiger partial charge in [-0.1, -0.05) is 6.92 Å². The van der Waals surface area contributed by atoms with Gasteiger partial charge in [-0.3, -0.25) is 4.68 Å². The molecule has 1 rings (SSSR count). The van der Waals surface area contributed by atoms with Crippen LogP contribution in [-0.4, -0.2) is 34.1 Å². The minimum absolute atomic E-state index is 0.224.